The minimum atomic E-state index is 0. The molecule has 2 heteroatoms. The minimum Gasteiger partial charge on any atom is -1.00 e. The molecule has 0 fully saturated rings. The van der Waals surface area contributed by atoms with Gasteiger partial charge in [0, 0.05) is 0 Å². The van der Waals surface area contributed by atoms with E-state index < -0.39 is 0 Å². The zero-order valence-electron chi connectivity index (χ0n) is 4.91. The van der Waals surface area contributed by atoms with E-state index in [4.69, 9.17) is 0 Å². The third-order valence-corrected chi connectivity index (χ3v) is 0. The molecule has 0 spiro atoms. The van der Waals surface area contributed by atoms with Gasteiger partial charge in [-0.05, 0) is 13.8 Å². The van der Waals surface area contributed by atoms with Crippen LogP contribution in [0.4, 0.5) is 0 Å². The maximum Gasteiger partial charge on any atom is 1.00 e. The van der Waals surface area contributed by atoms with Crippen molar-refractivity contribution in [3.05, 3.63) is 0 Å². The predicted molar refractivity (Wildman–Crippen MR) is 17.5 cm³/mol. The summed E-state index contributed by atoms with van der Waals surface area (Å²) in [5, 5.41) is 0. The van der Waals surface area contributed by atoms with Crippen molar-refractivity contribution in [1.29, 1.82) is 0 Å². The fraction of sp³-hybridized carbons (Fsp3) is 0.667. The van der Waals surface area contributed by atoms with Crippen molar-refractivity contribution >= 4 is 5.78 Å². The van der Waals surface area contributed by atoms with Crippen molar-refractivity contribution in [2.24, 2.45) is 0 Å². The maximum absolute atomic E-state index is 9.44. The first-order chi connectivity index (χ1) is 1.73. The molecule has 1 nitrogen and oxygen atoms in total. The monoisotopic (exact) mass is 66.1 g/mol. The molecule has 0 rings (SSSR count). The molecule has 0 unspecified atom stereocenters. The molecule has 0 saturated carbocycles. The number of ketones is 1. The van der Waals surface area contributed by atoms with Crippen LogP contribution >= 0.6 is 0 Å². The van der Waals surface area contributed by atoms with Crippen LogP contribution in [-0.4, -0.2) is 5.78 Å². The Labute approximate surface area is 45.4 Å². The molecule has 0 atom stereocenters. The molecule has 0 aliphatic rings. The van der Waals surface area contributed by atoms with Gasteiger partial charge in [0.1, 0.15) is 5.78 Å². The summed E-state index contributed by atoms with van der Waals surface area (Å²) in [6.45, 7) is 3.06. The molecule has 0 aromatic heterocycles. The van der Waals surface area contributed by atoms with Crippen molar-refractivity contribution in [1.82, 2.24) is 0 Å². The van der Waals surface area contributed by atoms with Crippen LogP contribution in [-0.2, 0) is 4.79 Å². The van der Waals surface area contributed by atoms with Crippen LogP contribution in [0.1, 0.15) is 15.3 Å². The van der Waals surface area contributed by atoms with Gasteiger partial charge < -0.3 is 6.22 Å². The predicted octanol–water partition coefficient (Wildman–Crippen LogP) is -2.29. The Bertz CT molecular complexity index is 33.8. The summed E-state index contributed by atoms with van der Waals surface area (Å²) in [5.74, 6) is 0.167. The maximum atomic E-state index is 9.44. The second-order valence-electron chi connectivity index (χ2n) is 0.908. The van der Waals surface area contributed by atoms with Gasteiger partial charge in [0.05, 0.1) is 0 Å². The van der Waals surface area contributed by atoms with Gasteiger partial charge in [-0.3, -0.25) is 0 Å². The van der Waals surface area contributed by atoms with E-state index in [0.717, 1.165) is 0 Å². The molecular formula is C3H7LiO. The van der Waals surface area contributed by atoms with Crippen LogP contribution in [0.5, 0.6) is 0 Å². The fourth-order valence-corrected chi connectivity index (χ4v) is 0. The molecule has 0 aliphatic heterocycles. The van der Waals surface area contributed by atoms with Crippen LogP contribution in [0.25, 0.3) is 0 Å². The molecule has 5 heavy (non-hydrogen) atoms. The second-order valence-corrected chi connectivity index (χ2v) is 0.908. The van der Waals surface area contributed by atoms with Gasteiger partial charge in [-0.2, -0.15) is 0 Å². The van der Waals surface area contributed by atoms with Gasteiger partial charge in [-0.15, -0.1) is 0 Å². The number of rotatable bonds is 0. The van der Waals surface area contributed by atoms with E-state index in [-0.39, 0.29) is 26.1 Å². The summed E-state index contributed by atoms with van der Waals surface area (Å²) in [7, 11) is 0. The minimum absolute atomic E-state index is 0. The topological polar surface area (TPSA) is 17.1 Å². The van der Waals surface area contributed by atoms with E-state index in [9.17, 15) is 4.79 Å². The average molecular weight is 66.0 g/mol. The average Bonchev–Trinajstić information content (AvgIpc) is 0.811. The molecule has 26 valence electrons. The summed E-state index contributed by atoms with van der Waals surface area (Å²) in [6, 6.07) is 0. The normalized spacial score (nSPS) is 5.20. The van der Waals surface area contributed by atoms with Crippen molar-refractivity contribution < 1.29 is 25.1 Å². The quantitative estimate of drug-likeness (QED) is 0.291. The molecule has 0 aromatic carbocycles. The van der Waals surface area contributed by atoms with Crippen molar-refractivity contribution in [2.75, 3.05) is 0 Å². The van der Waals surface area contributed by atoms with Crippen molar-refractivity contribution in [3.63, 3.8) is 0 Å². The van der Waals surface area contributed by atoms with Crippen LogP contribution < -0.4 is 18.9 Å². The van der Waals surface area contributed by atoms with Crippen LogP contribution in [0.3, 0.4) is 0 Å². The third-order valence-electron chi connectivity index (χ3n) is 0. The molecule has 0 amide bonds. The van der Waals surface area contributed by atoms with E-state index in [1.165, 1.54) is 13.8 Å². The molecule has 0 N–H and O–H groups in total. The van der Waals surface area contributed by atoms with E-state index in [2.05, 4.69) is 0 Å². The second kappa shape index (κ2) is 4.27. The van der Waals surface area contributed by atoms with Gasteiger partial charge in [-0.1, -0.05) is 0 Å². The molecule has 0 heterocycles. The van der Waals surface area contributed by atoms with Crippen molar-refractivity contribution in [2.45, 2.75) is 13.8 Å². The first kappa shape index (κ1) is 8.99. The Morgan fingerprint density at radius 3 is 1.60 bits per heavy atom. The summed E-state index contributed by atoms with van der Waals surface area (Å²) >= 11 is 0. The largest absolute Gasteiger partial charge is 1.00 e. The summed E-state index contributed by atoms with van der Waals surface area (Å²) in [4.78, 5) is 9.44. The Hall–Kier alpha value is 0.267. The molecule has 0 bridgehead atoms. The Balaban J connectivity index is -0.0000000450. The zero-order valence-corrected chi connectivity index (χ0v) is 3.91. The fourth-order valence-electron chi connectivity index (χ4n) is 0. The first-order valence-corrected chi connectivity index (χ1v) is 1.20. The van der Waals surface area contributed by atoms with Gasteiger partial charge >= 0.3 is 18.9 Å². The van der Waals surface area contributed by atoms with E-state index in [1.54, 1.807) is 0 Å². The van der Waals surface area contributed by atoms with Crippen LogP contribution in [0, 0.1) is 0 Å². The molecule has 0 saturated heterocycles. The number of hydrogen-bond acceptors (Lipinski definition) is 1. The summed E-state index contributed by atoms with van der Waals surface area (Å²) in [6.07, 6.45) is 0. The van der Waals surface area contributed by atoms with Gasteiger partial charge in [0.25, 0.3) is 0 Å². The summed E-state index contributed by atoms with van der Waals surface area (Å²) in [5.41, 5.74) is 0. The smallest absolute Gasteiger partial charge is 1.00 e. The number of hydrogen-bond donors (Lipinski definition) is 0. The van der Waals surface area contributed by atoms with Crippen LogP contribution in [0.2, 0.25) is 0 Å². The van der Waals surface area contributed by atoms with Gasteiger partial charge in [0.15, 0.2) is 0 Å². The Morgan fingerprint density at radius 1 is 1.60 bits per heavy atom. The van der Waals surface area contributed by atoms with E-state index >= 15 is 0 Å². The SMILES string of the molecule is CC(C)=O.[H-].[Li+]. The standard InChI is InChI=1S/C3H6O.Li.H/c1-3(2)4;;/h1-2H3;;/q;+1;-1. The summed E-state index contributed by atoms with van der Waals surface area (Å²) < 4.78 is 0. The van der Waals surface area contributed by atoms with E-state index in [1.807, 2.05) is 0 Å². The number of carbonyl (C=O) groups excluding carboxylic acids is 1. The zero-order chi connectivity index (χ0) is 3.58. The Kier molecular flexibility index (Phi) is 7.67. The molecule has 0 aliphatic carbocycles. The van der Waals surface area contributed by atoms with Crippen LogP contribution in [0.15, 0.2) is 0 Å². The first-order valence-electron chi connectivity index (χ1n) is 1.20. The molecule has 0 aromatic rings. The van der Waals surface area contributed by atoms with Gasteiger partial charge in [0.2, 0.25) is 0 Å². The number of Topliss-reactive ketones (excluding diaryl/α,β-unsaturated/α-hetero) is 1. The van der Waals surface area contributed by atoms with E-state index in [0.29, 0.717) is 0 Å². The molecule has 0 radical (unpaired) electrons. The third kappa shape index (κ3) is 307. The number of carbonyl (C=O) groups is 1. The van der Waals surface area contributed by atoms with Crippen molar-refractivity contribution in [3.8, 4) is 0 Å². The Morgan fingerprint density at radius 2 is 1.60 bits per heavy atom. The molecular weight excluding hydrogens is 59.0 g/mol. The van der Waals surface area contributed by atoms with Gasteiger partial charge in [-0.25, -0.2) is 0 Å².